The largest absolute Gasteiger partial charge is 0.331 e. The Balaban J connectivity index is 1.37. The molecule has 3 aromatic heterocycles. The first-order valence-electron chi connectivity index (χ1n) is 10.2. The van der Waals surface area contributed by atoms with Gasteiger partial charge < -0.3 is 9.88 Å². The number of anilines is 1. The molecule has 6 heteroatoms. The fourth-order valence-electron chi connectivity index (χ4n) is 3.77. The zero-order valence-electron chi connectivity index (χ0n) is 17.2. The third-order valence-electron chi connectivity index (χ3n) is 5.42. The Labute approximate surface area is 184 Å². The molecule has 3 heterocycles. The van der Waals surface area contributed by atoms with Gasteiger partial charge in [0.25, 0.3) is 5.91 Å². The summed E-state index contributed by atoms with van der Waals surface area (Å²) < 4.78 is 5.03. The number of hydrogen-bond acceptors (Lipinski definition) is 3. The van der Waals surface area contributed by atoms with Crippen LogP contribution in [0.5, 0.6) is 0 Å². The Kier molecular flexibility index (Phi) is 5.14. The summed E-state index contributed by atoms with van der Waals surface area (Å²) >= 11 is 1.65. The van der Waals surface area contributed by atoms with Crippen molar-refractivity contribution in [2.75, 3.05) is 5.32 Å². The van der Waals surface area contributed by atoms with Gasteiger partial charge in [0.1, 0.15) is 5.69 Å². The molecule has 0 aliphatic heterocycles. The van der Waals surface area contributed by atoms with Gasteiger partial charge in [-0.15, -0.1) is 11.3 Å². The van der Waals surface area contributed by atoms with E-state index >= 15 is 0 Å². The molecule has 5 nitrogen and oxygen atoms in total. The van der Waals surface area contributed by atoms with E-state index in [-0.39, 0.29) is 5.91 Å². The van der Waals surface area contributed by atoms with Gasteiger partial charge >= 0.3 is 0 Å². The molecule has 0 spiro atoms. The molecule has 31 heavy (non-hydrogen) atoms. The lowest BCUT2D eigenvalue weighted by Gasteiger charge is -2.10. The first-order chi connectivity index (χ1) is 15.2. The maximum Gasteiger partial charge on any atom is 0.272 e. The van der Waals surface area contributed by atoms with Crippen LogP contribution in [0.1, 0.15) is 27.2 Å². The molecule has 0 saturated heterocycles. The second kappa shape index (κ2) is 8.24. The molecule has 1 N–H and O–H groups in total. The Bertz CT molecular complexity index is 1350. The van der Waals surface area contributed by atoms with Crippen LogP contribution in [0.4, 0.5) is 5.69 Å². The smallest absolute Gasteiger partial charge is 0.272 e. The maximum atomic E-state index is 13.2. The monoisotopic (exact) mass is 426 g/mol. The average Bonchev–Trinajstić information content (AvgIpc) is 3.48. The quantitative estimate of drug-likeness (QED) is 0.387. The van der Waals surface area contributed by atoms with Crippen LogP contribution in [-0.2, 0) is 13.1 Å². The van der Waals surface area contributed by atoms with E-state index in [1.54, 1.807) is 17.5 Å². The van der Waals surface area contributed by atoms with Gasteiger partial charge in [0.15, 0.2) is 0 Å². The number of nitrogens with zero attached hydrogens (tertiary/aromatic N) is 3. The van der Waals surface area contributed by atoms with Crippen LogP contribution in [0, 0.1) is 6.92 Å². The summed E-state index contributed by atoms with van der Waals surface area (Å²) in [5.74, 6) is -0.130. The number of carbonyl (C=O) groups is 1. The van der Waals surface area contributed by atoms with E-state index < -0.39 is 0 Å². The highest BCUT2D eigenvalue weighted by Gasteiger charge is 2.17. The van der Waals surface area contributed by atoms with Crippen molar-refractivity contribution in [3.05, 3.63) is 107 Å². The van der Waals surface area contributed by atoms with Gasteiger partial charge in [-0.05, 0) is 41.1 Å². The molecule has 0 fully saturated rings. The Morgan fingerprint density at radius 3 is 2.68 bits per heavy atom. The van der Waals surface area contributed by atoms with Crippen LogP contribution in [0.15, 0.2) is 84.5 Å². The minimum absolute atomic E-state index is 0.130. The molecule has 0 unspecified atom stereocenters. The molecule has 2 aromatic carbocycles. The highest BCUT2D eigenvalue weighted by molar-refractivity contribution is 7.17. The van der Waals surface area contributed by atoms with Crippen LogP contribution in [0.25, 0.3) is 10.2 Å². The Morgan fingerprint density at radius 1 is 1.03 bits per heavy atom. The molecule has 154 valence electrons. The van der Waals surface area contributed by atoms with Crippen molar-refractivity contribution in [1.29, 1.82) is 0 Å². The lowest BCUT2D eigenvalue weighted by atomic mass is 10.1. The van der Waals surface area contributed by atoms with E-state index in [4.69, 9.17) is 0 Å². The third-order valence-corrected chi connectivity index (χ3v) is 6.28. The number of nitrogens with one attached hydrogen (secondary N) is 1. The summed E-state index contributed by atoms with van der Waals surface area (Å²) in [6, 6.07) is 22.5. The van der Waals surface area contributed by atoms with Gasteiger partial charge in [0, 0.05) is 12.7 Å². The number of rotatable bonds is 6. The lowest BCUT2D eigenvalue weighted by molar-refractivity contribution is 0.101. The molecule has 0 atom stereocenters. The highest BCUT2D eigenvalue weighted by atomic mass is 32.1. The summed E-state index contributed by atoms with van der Waals surface area (Å²) in [7, 11) is 0. The molecule has 5 rings (SSSR count). The first kappa shape index (κ1) is 19.3. The van der Waals surface area contributed by atoms with Crippen LogP contribution in [0.3, 0.4) is 0 Å². The molecule has 0 radical (unpaired) electrons. The summed E-state index contributed by atoms with van der Waals surface area (Å²) in [6.07, 6.45) is 3.57. The van der Waals surface area contributed by atoms with E-state index in [2.05, 4.69) is 57.6 Å². The zero-order valence-corrected chi connectivity index (χ0v) is 18.0. The highest BCUT2D eigenvalue weighted by Crippen LogP contribution is 2.27. The molecule has 0 aliphatic rings. The van der Waals surface area contributed by atoms with Crippen LogP contribution in [0.2, 0.25) is 0 Å². The van der Waals surface area contributed by atoms with Crippen molar-refractivity contribution >= 4 is 33.1 Å². The van der Waals surface area contributed by atoms with Gasteiger partial charge in [0.05, 0.1) is 28.6 Å². The second-order valence-electron chi connectivity index (χ2n) is 7.58. The number of hydrogen-bond donors (Lipinski definition) is 1. The van der Waals surface area contributed by atoms with Crippen molar-refractivity contribution in [2.45, 2.75) is 20.0 Å². The molecular weight excluding hydrogens is 404 g/mol. The number of aromatic nitrogens is 3. The van der Waals surface area contributed by atoms with Gasteiger partial charge in [-0.2, -0.15) is 5.10 Å². The number of benzene rings is 2. The predicted molar refractivity (Wildman–Crippen MR) is 126 cm³/mol. The zero-order chi connectivity index (χ0) is 21.2. The Hall–Kier alpha value is -3.64. The van der Waals surface area contributed by atoms with Crippen molar-refractivity contribution in [1.82, 2.24) is 14.3 Å². The van der Waals surface area contributed by atoms with Gasteiger partial charge in [-0.25, -0.2) is 0 Å². The SMILES string of the molecule is Cc1ccccc1Cn1cc(NC(=O)c2cc3sccc3n2Cc2ccccc2)cn1. The first-order valence-corrected chi connectivity index (χ1v) is 11.0. The summed E-state index contributed by atoms with van der Waals surface area (Å²) in [6.45, 7) is 3.41. The maximum absolute atomic E-state index is 13.2. The summed E-state index contributed by atoms with van der Waals surface area (Å²) in [4.78, 5) is 13.2. The number of carbonyl (C=O) groups excluding carboxylic acids is 1. The van der Waals surface area contributed by atoms with Crippen molar-refractivity contribution < 1.29 is 4.79 Å². The second-order valence-corrected chi connectivity index (χ2v) is 8.53. The number of aryl methyl sites for hydroxylation is 1. The van der Waals surface area contributed by atoms with Crippen LogP contribution >= 0.6 is 11.3 Å². The van der Waals surface area contributed by atoms with Gasteiger partial charge in [0.2, 0.25) is 0 Å². The molecule has 0 bridgehead atoms. The molecule has 5 aromatic rings. The molecule has 0 aliphatic carbocycles. The lowest BCUT2D eigenvalue weighted by Crippen LogP contribution is -2.17. The fraction of sp³-hybridized carbons (Fsp3) is 0.120. The van der Waals surface area contributed by atoms with Crippen molar-refractivity contribution in [3.63, 3.8) is 0 Å². The molecule has 0 saturated carbocycles. The van der Waals surface area contributed by atoms with E-state index in [0.717, 1.165) is 15.8 Å². The third kappa shape index (κ3) is 4.02. The fourth-order valence-corrected chi connectivity index (χ4v) is 4.60. The van der Waals surface area contributed by atoms with Crippen LogP contribution < -0.4 is 5.32 Å². The van der Waals surface area contributed by atoms with Crippen molar-refractivity contribution in [3.8, 4) is 0 Å². The summed E-state index contributed by atoms with van der Waals surface area (Å²) in [5, 5.41) is 9.50. The van der Waals surface area contributed by atoms with E-state index in [1.807, 2.05) is 47.3 Å². The topological polar surface area (TPSA) is 51.9 Å². The van der Waals surface area contributed by atoms with Gasteiger partial charge in [-0.1, -0.05) is 54.6 Å². The van der Waals surface area contributed by atoms with E-state index in [9.17, 15) is 4.79 Å². The number of amides is 1. The van der Waals surface area contributed by atoms with E-state index in [1.165, 1.54) is 11.1 Å². The summed E-state index contributed by atoms with van der Waals surface area (Å²) in [5.41, 5.74) is 6.01. The number of thiophene rings is 1. The van der Waals surface area contributed by atoms with Crippen molar-refractivity contribution in [2.24, 2.45) is 0 Å². The van der Waals surface area contributed by atoms with Gasteiger partial charge in [-0.3, -0.25) is 9.48 Å². The van der Waals surface area contributed by atoms with Crippen LogP contribution in [-0.4, -0.2) is 20.3 Å². The predicted octanol–water partition coefficient (Wildman–Crippen LogP) is 5.56. The van der Waals surface area contributed by atoms with E-state index in [0.29, 0.717) is 24.5 Å². The standard InChI is InChI=1S/C25H22N4OS/c1-18-7-5-6-10-20(18)16-28-17-21(14-26-28)27-25(30)23-13-24-22(11-12-31-24)29(23)15-19-8-3-2-4-9-19/h2-14,17H,15-16H2,1H3,(H,27,30). The normalized spacial score (nSPS) is 11.1. The average molecular weight is 427 g/mol. The molecule has 1 amide bonds. The Morgan fingerprint density at radius 2 is 1.84 bits per heavy atom. The molecular formula is C25H22N4OS. The minimum Gasteiger partial charge on any atom is -0.331 e. The number of fused-ring (bicyclic) bond motifs is 1. The minimum atomic E-state index is -0.130.